The van der Waals surface area contributed by atoms with Crippen LogP contribution in [0.4, 0.5) is 11.4 Å². The Morgan fingerprint density at radius 2 is 2.09 bits per heavy atom. The third kappa shape index (κ3) is 3.47. The number of carbonyl (C=O) groups excluding carboxylic acids is 2. The Kier molecular flexibility index (Phi) is 4.81. The molecule has 0 saturated carbocycles. The van der Waals surface area contributed by atoms with E-state index in [1.54, 1.807) is 12.1 Å². The van der Waals surface area contributed by atoms with Gasteiger partial charge in [-0.2, -0.15) is 0 Å². The van der Waals surface area contributed by atoms with Crippen LogP contribution in [0, 0.1) is 5.92 Å². The molecule has 1 aromatic rings. The van der Waals surface area contributed by atoms with E-state index in [4.69, 9.17) is 9.47 Å². The van der Waals surface area contributed by atoms with E-state index in [2.05, 4.69) is 10.2 Å². The summed E-state index contributed by atoms with van der Waals surface area (Å²) in [4.78, 5) is 26.4. The largest absolute Gasteiger partial charge is 0.465 e. The Bertz CT molecular complexity index is 590. The second-order valence-corrected chi connectivity index (χ2v) is 5.97. The molecule has 0 radical (unpaired) electrons. The van der Waals surface area contributed by atoms with E-state index in [0.717, 1.165) is 38.0 Å². The standard InChI is InChI=1S/C17H22N2O4/c1-22-17(21)12-4-5-15(19-7-2-3-8-19)14(10-12)18-16(20)13-6-9-23-11-13/h4-5,10,13H,2-3,6-9,11H2,1H3,(H,18,20). The van der Waals surface area contributed by atoms with Gasteiger partial charge < -0.3 is 19.7 Å². The van der Waals surface area contributed by atoms with Gasteiger partial charge in [-0.3, -0.25) is 4.79 Å². The molecule has 2 saturated heterocycles. The van der Waals surface area contributed by atoms with E-state index < -0.39 is 5.97 Å². The van der Waals surface area contributed by atoms with Gasteiger partial charge in [0.15, 0.2) is 0 Å². The minimum Gasteiger partial charge on any atom is -0.465 e. The van der Waals surface area contributed by atoms with Crippen molar-refractivity contribution in [3.63, 3.8) is 0 Å². The van der Waals surface area contributed by atoms with E-state index in [0.29, 0.717) is 24.5 Å². The number of hydrogen-bond donors (Lipinski definition) is 1. The number of nitrogens with one attached hydrogen (secondary N) is 1. The maximum absolute atomic E-state index is 12.4. The number of hydrogen-bond acceptors (Lipinski definition) is 5. The van der Waals surface area contributed by atoms with Gasteiger partial charge >= 0.3 is 5.97 Å². The number of rotatable bonds is 4. The molecule has 3 rings (SSSR count). The number of benzene rings is 1. The van der Waals surface area contributed by atoms with Crippen LogP contribution in [0.5, 0.6) is 0 Å². The minimum atomic E-state index is -0.405. The number of nitrogens with zero attached hydrogens (tertiary/aromatic N) is 1. The van der Waals surface area contributed by atoms with Crippen LogP contribution in [0.25, 0.3) is 0 Å². The number of methoxy groups -OCH3 is 1. The van der Waals surface area contributed by atoms with Crippen molar-refractivity contribution < 1.29 is 19.1 Å². The van der Waals surface area contributed by atoms with Crippen LogP contribution in [0.1, 0.15) is 29.6 Å². The molecule has 2 aliphatic rings. The third-order valence-electron chi connectivity index (χ3n) is 4.42. The van der Waals surface area contributed by atoms with Gasteiger partial charge in [0, 0.05) is 19.7 Å². The lowest BCUT2D eigenvalue weighted by Crippen LogP contribution is -2.26. The molecule has 1 N–H and O–H groups in total. The number of esters is 1. The Labute approximate surface area is 135 Å². The fourth-order valence-corrected chi connectivity index (χ4v) is 3.09. The van der Waals surface area contributed by atoms with E-state index in [-0.39, 0.29) is 11.8 Å². The zero-order chi connectivity index (χ0) is 16.2. The van der Waals surface area contributed by atoms with Crippen LogP contribution in [-0.4, -0.2) is 45.3 Å². The molecule has 1 amide bonds. The lowest BCUT2D eigenvalue weighted by molar-refractivity contribution is -0.119. The van der Waals surface area contributed by atoms with Crippen molar-refractivity contribution in [2.45, 2.75) is 19.3 Å². The van der Waals surface area contributed by atoms with Crippen molar-refractivity contribution >= 4 is 23.3 Å². The summed E-state index contributed by atoms with van der Waals surface area (Å²) in [6, 6.07) is 5.33. The first-order valence-corrected chi connectivity index (χ1v) is 8.05. The fraction of sp³-hybridized carbons (Fsp3) is 0.529. The Morgan fingerprint density at radius 3 is 2.74 bits per heavy atom. The molecule has 2 aliphatic heterocycles. The number of anilines is 2. The lowest BCUT2D eigenvalue weighted by atomic mass is 10.1. The molecule has 6 heteroatoms. The highest BCUT2D eigenvalue weighted by molar-refractivity contribution is 5.99. The first-order valence-electron chi connectivity index (χ1n) is 8.05. The zero-order valence-electron chi connectivity index (χ0n) is 13.3. The van der Waals surface area contributed by atoms with Crippen LogP contribution < -0.4 is 10.2 Å². The molecule has 23 heavy (non-hydrogen) atoms. The number of amides is 1. The predicted octanol–water partition coefficient (Wildman–Crippen LogP) is 2.05. The topological polar surface area (TPSA) is 67.9 Å². The summed E-state index contributed by atoms with van der Waals surface area (Å²) >= 11 is 0. The first kappa shape index (κ1) is 15.8. The zero-order valence-corrected chi connectivity index (χ0v) is 13.3. The molecule has 124 valence electrons. The second-order valence-electron chi connectivity index (χ2n) is 5.97. The first-order chi connectivity index (χ1) is 11.2. The second kappa shape index (κ2) is 7.00. The van der Waals surface area contributed by atoms with Gasteiger partial charge in [0.05, 0.1) is 36.6 Å². The van der Waals surface area contributed by atoms with Crippen molar-refractivity contribution in [1.29, 1.82) is 0 Å². The summed E-state index contributed by atoms with van der Waals surface area (Å²) in [5, 5.41) is 2.98. The maximum atomic E-state index is 12.4. The maximum Gasteiger partial charge on any atom is 0.337 e. The minimum absolute atomic E-state index is 0.0510. The van der Waals surface area contributed by atoms with E-state index in [9.17, 15) is 9.59 Å². The highest BCUT2D eigenvalue weighted by atomic mass is 16.5. The SMILES string of the molecule is COC(=O)c1ccc(N2CCCC2)c(NC(=O)C2CCOC2)c1. The number of ether oxygens (including phenoxy) is 2. The monoisotopic (exact) mass is 318 g/mol. The van der Waals surface area contributed by atoms with Crippen molar-refractivity contribution in [2.75, 3.05) is 43.6 Å². The molecule has 0 spiro atoms. The van der Waals surface area contributed by atoms with Crippen molar-refractivity contribution in [3.05, 3.63) is 23.8 Å². The highest BCUT2D eigenvalue weighted by Crippen LogP contribution is 2.31. The quantitative estimate of drug-likeness (QED) is 0.861. The van der Waals surface area contributed by atoms with Gasteiger partial charge in [-0.25, -0.2) is 4.79 Å². The molecule has 2 fully saturated rings. The van der Waals surface area contributed by atoms with Crippen molar-refractivity contribution in [1.82, 2.24) is 0 Å². The van der Waals surface area contributed by atoms with Gasteiger partial charge in [-0.15, -0.1) is 0 Å². The Balaban J connectivity index is 1.86. The van der Waals surface area contributed by atoms with Gasteiger partial charge in [0.2, 0.25) is 5.91 Å². The van der Waals surface area contributed by atoms with Crippen LogP contribution >= 0.6 is 0 Å². The Morgan fingerprint density at radius 1 is 1.30 bits per heavy atom. The van der Waals surface area contributed by atoms with Crippen LogP contribution in [0.15, 0.2) is 18.2 Å². The summed E-state index contributed by atoms with van der Waals surface area (Å²) < 4.78 is 10.1. The Hall–Kier alpha value is -2.08. The summed E-state index contributed by atoms with van der Waals surface area (Å²) in [7, 11) is 1.35. The summed E-state index contributed by atoms with van der Waals surface area (Å²) in [6.45, 7) is 3.01. The molecule has 2 heterocycles. The molecule has 6 nitrogen and oxygen atoms in total. The lowest BCUT2D eigenvalue weighted by Gasteiger charge is -2.23. The molecular formula is C17H22N2O4. The highest BCUT2D eigenvalue weighted by Gasteiger charge is 2.25. The smallest absolute Gasteiger partial charge is 0.337 e. The average molecular weight is 318 g/mol. The molecule has 0 bridgehead atoms. The number of carbonyl (C=O) groups is 2. The fourth-order valence-electron chi connectivity index (χ4n) is 3.09. The van der Waals surface area contributed by atoms with Crippen LogP contribution in [-0.2, 0) is 14.3 Å². The van der Waals surface area contributed by atoms with Gasteiger partial charge in [-0.05, 0) is 37.5 Å². The van der Waals surface area contributed by atoms with Crippen LogP contribution in [0.2, 0.25) is 0 Å². The van der Waals surface area contributed by atoms with Gasteiger partial charge in [0.1, 0.15) is 0 Å². The van der Waals surface area contributed by atoms with Crippen molar-refractivity contribution in [3.8, 4) is 0 Å². The molecule has 0 aromatic heterocycles. The summed E-state index contributed by atoms with van der Waals surface area (Å²) in [5.41, 5.74) is 2.07. The van der Waals surface area contributed by atoms with E-state index >= 15 is 0 Å². The average Bonchev–Trinajstić information content (AvgIpc) is 3.27. The summed E-state index contributed by atoms with van der Waals surface area (Å²) in [6.07, 6.45) is 3.02. The summed E-state index contributed by atoms with van der Waals surface area (Å²) in [5.74, 6) is -0.578. The van der Waals surface area contributed by atoms with Gasteiger partial charge in [0.25, 0.3) is 0 Å². The molecule has 1 unspecified atom stereocenters. The predicted molar refractivity (Wildman–Crippen MR) is 86.8 cm³/mol. The van der Waals surface area contributed by atoms with E-state index in [1.165, 1.54) is 7.11 Å². The van der Waals surface area contributed by atoms with Crippen molar-refractivity contribution in [2.24, 2.45) is 5.92 Å². The molecule has 0 aliphatic carbocycles. The van der Waals surface area contributed by atoms with E-state index in [1.807, 2.05) is 6.07 Å². The molecule has 1 aromatic carbocycles. The normalized spacial score (nSPS) is 20.6. The molecule has 1 atom stereocenters. The molecular weight excluding hydrogens is 296 g/mol. The van der Waals surface area contributed by atoms with Gasteiger partial charge in [-0.1, -0.05) is 0 Å². The third-order valence-corrected chi connectivity index (χ3v) is 4.42. The van der Waals surface area contributed by atoms with Crippen LogP contribution in [0.3, 0.4) is 0 Å².